The predicted octanol–water partition coefficient (Wildman–Crippen LogP) is 0.691. The molecule has 0 atom stereocenters. The molecular weight excluding hydrogens is 196 g/mol. The quantitative estimate of drug-likeness (QED) is 0.781. The summed E-state index contributed by atoms with van der Waals surface area (Å²) in [5.41, 5.74) is 0.0293. The van der Waals surface area contributed by atoms with Gasteiger partial charge >= 0.3 is 0 Å². The summed E-state index contributed by atoms with van der Waals surface area (Å²) in [5.74, 6) is 1.34. The second kappa shape index (κ2) is 3.64. The Bertz CT molecular complexity index is 529. The van der Waals surface area contributed by atoms with Crippen LogP contribution in [0.2, 0.25) is 0 Å². The summed E-state index contributed by atoms with van der Waals surface area (Å²) in [6.07, 6.45) is 2.10. The number of nitrogens with one attached hydrogen (secondary N) is 1. The number of rotatable bonds is 2. The average molecular weight is 206 g/mol. The third-order valence-electron chi connectivity index (χ3n) is 1.94. The molecule has 0 aliphatic carbocycles. The van der Waals surface area contributed by atoms with Crippen LogP contribution >= 0.6 is 0 Å². The Balaban J connectivity index is 2.49. The minimum Gasteiger partial charge on any atom is -0.334 e. The summed E-state index contributed by atoms with van der Waals surface area (Å²) in [7, 11) is 0. The van der Waals surface area contributed by atoms with Crippen molar-refractivity contribution in [3.8, 4) is 11.5 Å². The van der Waals surface area contributed by atoms with E-state index in [9.17, 15) is 4.79 Å². The lowest BCUT2D eigenvalue weighted by Gasteiger charge is -1.93. The number of aromatic nitrogens is 4. The molecule has 15 heavy (non-hydrogen) atoms. The Morgan fingerprint density at radius 2 is 2.33 bits per heavy atom. The lowest BCUT2D eigenvalue weighted by molar-refractivity contribution is 0.422. The predicted molar refractivity (Wildman–Crippen MR) is 52.3 cm³/mol. The molecule has 0 aliphatic heterocycles. The van der Waals surface area contributed by atoms with Gasteiger partial charge in [0.1, 0.15) is 11.4 Å². The van der Waals surface area contributed by atoms with Gasteiger partial charge in [0.05, 0.1) is 0 Å². The fourth-order valence-electron chi connectivity index (χ4n) is 1.14. The molecule has 6 nitrogen and oxygen atoms in total. The maximum absolute atomic E-state index is 11.5. The maximum atomic E-state index is 11.5. The molecule has 0 unspecified atom stereocenters. The van der Waals surface area contributed by atoms with E-state index in [1.54, 1.807) is 6.92 Å². The topological polar surface area (TPSA) is 84.7 Å². The first kappa shape index (κ1) is 9.57. The molecule has 0 spiro atoms. The van der Waals surface area contributed by atoms with Gasteiger partial charge in [-0.05, 0) is 6.92 Å². The first-order valence-corrected chi connectivity index (χ1v) is 4.59. The molecule has 2 rings (SSSR count). The van der Waals surface area contributed by atoms with Crippen molar-refractivity contribution in [1.29, 1.82) is 0 Å². The number of aryl methyl sites for hydroxylation is 2. The lowest BCUT2D eigenvalue weighted by Crippen LogP contribution is -2.11. The number of aromatic amines is 1. The third-order valence-corrected chi connectivity index (χ3v) is 1.94. The van der Waals surface area contributed by atoms with E-state index in [-0.39, 0.29) is 11.4 Å². The second-order valence-electron chi connectivity index (χ2n) is 3.08. The highest BCUT2D eigenvalue weighted by atomic mass is 16.5. The molecule has 2 aromatic rings. The smallest absolute Gasteiger partial charge is 0.265 e. The van der Waals surface area contributed by atoms with E-state index in [1.807, 2.05) is 6.92 Å². The van der Waals surface area contributed by atoms with E-state index in [2.05, 4.69) is 20.1 Å². The largest absolute Gasteiger partial charge is 0.334 e. The van der Waals surface area contributed by atoms with Gasteiger partial charge in [-0.2, -0.15) is 4.98 Å². The summed E-state index contributed by atoms with van der Waals surface area (Å²) < 4.78 is 4.94. The van der Waals surface area contributed by atoms with Crippen LogP contribution in [-0.4, -0.2) is 20.1 Å². The zero-order valence-electron chi connectivity index (χ0n) is 8.44. The third kappa shape index (κ3) is 1.78. The lowest BCUT2D eigenvalue weighted by atomic mass is 10.3. The van der Waals surface area contributed by atoms with Gasteiger partial charge in [-0.3, -0.25) is 4.79 Å². The van der Waals surface area contributed by atoms with E-state index in [0.717, 1.165) is 0 Å². The Kier molecular flexibility index (Phi) is 2.32. The fraction of sp³-hybridized carbons (Fsp3) is 0.333. The van der Waals surface area contributed by atoms with Crippen LogP contribution in [0.5, 0.6) is 0 Å². The van der Waals surface area contributed by atoms with Crippen molar-refractivity contribution in [3.63, 3.8) is 0 Å². The van der Waals surface area contributed by atoms with Crippen molar-refractivity contribution in [2.75, 3.05) is 0 Å². The van der Waals surface area contributed by atoms with Crippen molar-refractivity contribution in [2.24, 2.45) is 0 Å². The van der Waals surface area contributed by atoms with Gasteiger partial charge in [0.25, 0.3) is 11.4 Å². The molecule has 0 bridgehead atoms. The number of hydrogen-bond donors (Lipinski definition) is 1. The highest BCUT2D eigenvalue weighted by Crippen LogP contribution is 2.10. The SMILES string of the molecule is CCc1noc(-c2cnc(C)[nH]c2=O)n1. The zero-order chi connectivity index (χ0) is 10.8. The van der Waals surface area contributed by atoms with E-state index in [0.29, 0.717) is 23.6 Å². The monoisotopic (exact) mass is 206 g/mol. The number of H-pyrrole nitrogens is 1. The summed E-state index contributed by atoms with van der Waals surface area (Å²) in [4.78, 5) is 22.1. The van der Waals surface area contributed by atoms with Crippen LogP contribution in [0, 0.1) is 6.92 Å². The summed E-state index contributed by atoms with van der Waals surface area (Å²) in [6, 6.07) is 0. The van der Waals surface area contributed by atoms with Crippen molar-refractivity contribution >= 4 is 0 Å². The molecule has 1 N–H and O–H groups in total. The van der Waals surface area contributed by atoms with Crippen LogP contribution in [0.1, 0.15) is 18.6 Å². The van der Waals surface area contributed by atoms with Gasteiger partial charge in [-0.15, -0.1) is 0 Å². The molecule has 0 saturated carbocycles. The van der Waals surface area contributed by atoms with E-state index < -0.39 is 0 Å². The van der Waals surface area contributed by atoms with Crippen molar-refractivity contribution < 1.29 is 4.52 Å². The van der Waals surface area contributed by atoms with Crippen molar-refractivity contribution in [1.82, 2.24) is 20.1 Å². The Hall–Kier alpha value is -1.98. The molecule has 78 valence electrons. The Labute approximate surface area is 85.4 Å². The van der Waals surface area contributed by atoms with Gasteiger partial charge in [-0.25, -0.2) is 4.98 Å². The van der Waals surface area contributed by atoms with Crippen LogP contribution in [0.3, 0.4) is 0 Å². The van der Waals surface area contributed by atoms with Gasteiger partial charge in [0, 0.05) is 12.6 Å². The molecule has 0 aromatic carbocycles. The molecule has 0 amide bonds. The fourth-order valence-corrected chi connectivity index (χ4v) is 1.14. The Morgan fingerprint density at radius 1 is 1.53 bits per heavy atom. The van der Waals surface area contributed by atoms with Crippen molar-refractivity contribution in [3.05, 3.63) is 28.2 Å². The average Bonchev–Trinajstić information content (AvgIpc) is 2.66. The minimum absolute atomic E-state index is 0.209. The summed E-state index contributed by atoms with van der Waals surface area (Å²) in [6.45, 7) is 3.61. The highest BCUT2D eigenvalue weighted by Gasteiger charge is 2.11. The molecule has 0 saturated heterocycles. The van der Waals surface area contributed by atoms with Crippen LogP contribution in [0.25, 0.3) is 11.5 Å². The minimum atomic E-state index is -0.270. The van der Waals surface area contributed by atoms with Crippen LogP contribution < -0.4 is 5.56 Å². The number of hydrogen-bond acceptors (Lipinski definition) is 5. The molecule has 0 radical (unpaired) electrons. The molecule has 0 aliphatic rings. The normalized spacial score (nSPS) is 10.5. The van der Waals surface area contributed by atoms with Gasteiger partial charge < -0.3 is 9.51 Å². The van der Waals surface area contributed by atoms with Gasteiger partial charge in [0.2, 0.25) is 0 Å². The highest BCUT2D eigenvalue weighted by molar-refractivity contribution is 5.48. The van der Waals surface area contributed by atoms with E-state index >= 15 is 0 Å². The maximum Gasteiger partial charge on any atom is 0.265 e. The molecule has 2 heterocycles. The molecule has 0 fully saturated rings. The molecule has 2 aromatic heterocycles. The molecular formula is C9H10N4O2. The summed E-state index contributed by atoms with van der Waals surface area (Å²) in [5, 5.41) is 3.71. The zero-order valence-corrected chi connectivity index (χ0v) is 8.44. The number of nitrogens with zero attached hydrogens (tertiary/aromatic N) is 3. The molecule has 6 heteroatoms. The van der Waals surface area contributed by atoms with Crippen molar-refractivity contribution in [2.45, 2.75) is 20.3 Å². The van der Waals surface area contributed by atoms with E-state index in [4.69, 9.17) is 4.52 Å². The Morgan fingerprint density at radius 3 is 2.93 bits per heavy atom. The van der Waals surface area contributed by atoms with Crippen LogP contribution in [0.4, 0.5) is 0 Å². The summed E-state index contributed by atoms with van der Waals surface area (Å²) >= 11 is 0. The van der Waals surface area contributed by atoms with E-state index in [1.165, 1.54) is 6.20 Å². The first-order valence-electron chi connectivity index (χ1n) is 4.59. The first-order chi connectivity index (χ1) is 7.20. The standard InChI is InChI=1S/C9H10N4O2/c1-3-7-12-9(15-13-7)6-4-10-5(2)11-8(6)14/h4H,3H2,1-2H3,(H,10,11,14). The second-order valence-corrected chi connectivity index (χ2v) is 3.08. The van der Waals surface area contributed by atoms with Gasteiger partial charge in [-0.1, -0.05) is 12.1 Å². The van der Waals surface area contributed by atoms with Gasteiger partial charge in [0.15, 0.2) is 5.82 Å². The van der Waals surface area contributed by atoms with Crippen LogP contribution in [0.15, 0.2) is 15.5 Å². The van der Waals surface area contributed by atoms with Crippen LogP contribution in [-0.2, 0) is 6.42 Å².